The van der Waals surface area contributed by atoms with Gasteiger partial charge in [0.25, 0.3) is 10.0 Å². The van der Waals surface area contributed by atoms with Gasteiger partial charge in [-0.2, -0.15) is 5.26 Å². The van der Waals surface area contributed by atoms with Crippen molar-refractivity contribution in [3.63, 3.8) is 0 Å². The Labute approximate surface area is 195 Å². The number of hydrogen-bond acceptors (Lipinski definition) is 5. The monoisotopic (exact) mass is 509 g/mol. The predicted molar refractivity (Wildman–Crippen MR) is 127 cm³/mol. The Hall–Kier alpha value is -3.15. The lowest BCUT2D eigenvalue weighted by molar-refractivity contribution is 0.242. The van der Waals surface area contributed by atoms with Gasteiger partial charge in [-0.05, 0) is 72.6 Å². The summed E-state index contributed by atoms with van der Waals surface area (Å²) >= 11 is 3.43. The van der Waals surface area contributed by atoms with E-state index in [9.17, 15) is 13.7 Å². The molecule has 2 aromatic carbocycles. The quantitative estimate of drug-likeness (QED) is 0.346. The molecule has 0 aliphatic carbocycles. The van der Waals surface area contributed by atoms with Crippen LogP contribution in [0.3, 0.4) is 0 Å². The summed E-state index contributed by atoms with van der Waals surface area (Å²) < 4.78 is 34.5. The molecule has 0 atom stereocenters. The number of halogens is 1. The molecule has 0 saturated carbocycles. The molecule has 32 heavy (non-hydrogen) atoms. The summed E-state index contributed by atoms with van der Waals surface area (Å²) in [4.78, 5) is 4.56. The van der Waals surface area contributed by atoms with Gasteiger partial charge in [0.15, 0.2) is 5.65 Å². The molecular formula is C24H20BrN3O3S. The number of aromatic nitrogens is 2. The summed E-state index contributed by atoms with van der Waals surface area (Å²) in [5, 5.41) is 10.3. The van der Waals surface area contributed by atoms with E-state index in [0.29, 0.717) is 33.5 Å². The van der Waals surface area contributed by atoms with Crippen LogP contribution in [0.2, 0.25) is 0 Å². The molecule has 4 aromatic rings. The van der Waals surface area contributed by atoms with Crippen molar-refractivity contribution in [2.45, 2.75) is 31.8 Å². The molecular weight excluding hydrogens is 490 g/mol. The summed E-state index contributed by atoms with van der Waals surface area (Å²) in [6, 6.07) is 15.9. The van der Waals surface area contributed by atoms with Crippen molar-refractivity contribution in [2.75, 3.05) is 0 Å². The minimum Gasteiger partial charge on any atom is -0.490 e. The van der Waals surface area contributed by atoms with Gasteiger partial charge in [-0.1, -0.05) is 23.8 Å². The summed E-state index contributed by atoms with van der Waals surface area (Å²) in [5.74, 6) is 0.488. The molecule has 8 heteroatoms. The highest BCUT2D eigenvalue weighted by Crippen LogP contribution is 2.35. The van der Waals surface area contributed by atoms with Gasteiger partial charge < -0.3 is 4.74 Å². The number of pyridine rings is 1. The number of benzene rings is 2. The smallest absolute Gasteiger partial charge is 0.269 e. The topological polar surface area (TPSA) is 85.0 Å². The average Bonchev–Trinajstić information content (AvgIpc) is 3.13. The number of nitrogens with zero attached hydrogens (tertiary/aromatic N) is 3. The molecule has 0 unspecified atom stereocenters. The lowest BCUT2D eigenvalue weighted by atomic mass is 10.0. The third-order valence-corrected chi connectivity index (χ3v) is 7.03. The van der Waals surface area contributed by atoms with Crippen molar-refractivity contribution in [1.82, 2.24) is 8.96 Å². The SMILES string of the molecule is Cc1ccc(S(=O)(=O)n2cc(-c3ccc(OC(C)C)c(C#N)c3)c3cc(Br)cnc32)cc1. The van der Waals surface area contributed by atoms with E-state index in [-0.39, 0.29) is 11.0 Å². The second kappa shape index (κ2) is 8.41. The van der Waals surface area contributed by atoms with E-state index in [0.717, 1.165) is 10.0 Å². The average molecular weight is 510 g/mol. The zero-order chi connectivity index (χ0) is 23.0. The normalized spacial score (nSPS) is 11.6. The first-order valence-corrected chi connectivity index (χ1v) is 12.1. The minimum atomic E-state index is -3.87. The number of rotatable bonds is 5. The van der Waals surface area contributed by atoms with Crippen LogP contribution in [-0.4, -0.2) is 23.5 Å². The van der Waals surface area contributed by atoms with Crippen LogP contribution in [0.5, 0.6) is 5.75 Å². The van der Waals surface area contributed by atoms with Crippen LogP contribution in [0.15, 0.2) is 70.3 Å². The molecule has 2 heterocycles. The van der Waals surface area contributed by atoms with E-state index < -0.39 is 10.0 Å². The van der Waals surface area contributed by atoms with Crippen LogP contribution >= 0.6 is 15.9 Å². The van der Waals surface area contributed by atoms with E-state index in [1.807, 2.05) is 32.9 Å². The maximum absolute atomic E-state index is 13.4. The van der Waals surface area contributed by atoms with Gasteiger partial charge in [-0.25, -0.2) is 17.4 Å². The Balaban J connectivity index is 1.94. The van der Waals surface area contributed by atoms with Gasteiger partial charge >= 0.3 is 0 Å². The number of hydrogen-bond donors (Lipinski definition) is 0. The first kappa shape index (κ1) is 22.1. The summed E-state index contributed by atoms with van der Waals surface area (Å²) in [7, 11) is -3.87. The van der Waals surface area contributed by atoms with Crippen molar-refractivity contribution in [2.24, 2.45) is 0 Å². The number of fused-ring (bicyclic) bond motifs is 1. The Morgan fingerprint density at radius 3 is 2.50 bits per heavy atom. The Morgan fingerprint density at radius 1 is 1.12 bits per heavy atom. The van der Waals surface area contributed by atoms with Crippen molar-refractivity contribution < 1.29 is 13.2 Å². The molecule has 162 valence electrons. The summed E-state index contributed by atoms with van der Waals surface area (Å²) in [6.07, 6.45) is 3.04. The summed E-state index contributed by atoms with van der Waals surface area (Å²) in [5.41, 5.74) is 3.00. The van der Waals surface area contributed by atoms with Crippen LogP contribution in [0.1, 0.15) is 25.0 Å². The minimum absolute atomic E-state index is 0.0744. The molecule has 0 amide bonds. The van der Waals surface area contributed by atoms with Gasteiger partial charge in [-0.15, -0.1) is 0 Å². The molecule has 6 nitrogen and oxygen atoms in total. The standard InChI is InChI=1S/C24H20BrN3O3S/c1-15(2)31-23-9-6-17(10-18(23)12-26)22-14-28(24-21(22)11-19(25)13-27-24)32(29,30)20-7-4-16(3)5-8-20/h4-11,13-15H,1-3H3. The van der Waals surface area contributed by atoms with Gasteiger partial charge in [0.1, 0.15) is 11.8 Å². The van der Waals surface area contributed by atoms with Gasteiger partial charge in [0.05, 0.1) is 16.6 Å². The molecule has 0 saturated heterocycles. The largest absolute Gasteiger partial charge is 0.490 e. The van der Waals surface area contributed by atoms with Crippen molar-refractivity contribution in [1.29, 1.82) is 5.26 Å². The third kappa shape index (κ3) is 4.01. The highest BCUT2D eigenvalue weighted by molar-refractivity contribution is 9.10. The fraction of sp³-hybridized carbons (Fsp3) is 0.167. The first-order valence-electron chi connectivity index (χ1n) is 9.90. The highest BCUT2D eigenvalue weighted by Gasteiger charge is 2.23. The second-order valence-electron chi connectivity index (χ2n) is 7.67. The number of aryl methyl sites for hydroxylation is 1. The molecule has 0 fully saturated rings. The first-order chi connectivity index (χ1) is 15.2. The van der Waals surface area contributed by atoms with Crippen LogP contribution < -0.4 is 4.74 Å². The van der Waals surface area contributed by atoms with Gasteiger partial charge in [0, 0.05) is 27.8 Å². The zero-order valence-electron chi connectivity index (χ0n) is 17.7. The Morgan fingerprint density at radius 2 is 1.84 bits per heavy atom. The van der Waals surface area contributed by atoms with Crippen LogP contribution in [0, 0.1) is 18.3 Å². The van der Waals surface area contributed by atoms with Gasteiger partial charge in [-0.3, -0.25) is 0 Å². The molecule has 0 N–H and O–H groups in total. The molecule has 2 aromatic heterocycles. The van der Waals surface area contributed by atoms with Crippen LogP contribution in [-0.2, 0) is 10.0 Å². The van der Waals surface area contributed by atoms with Crippen molar-refractivity contribution in [3.05, 3.63) is 76.5 Å². The van der Waals surface area contributed by atoms with Crippen LogP contribution in [0.4, 0.5) is 0 Å². The maximum atomic E-state index is 13.4. The molecule has 0 radical (unpaired) electrons. The van der Waals surface area contributed by atoms with Crippen molar-refractivity contribution in [3.8, 4) is 22.9 Å². The van der Waals surface area contributed by atoms with E-state index in [2.05, 4.69) is 27.0 Å². The Bertz CT molecular complexity index is 1470. The highest BCUT2D eigenvalue weighted by atomic mass is 79.9. The Kier molecular flexibility index (Phi) is 5.80. The summed E-state index contributed by atoms with van der Waals surface area (Å²) in [6.45, 7) is 5.68. The molecule has 0 spiro atoms. The van der Waals surface area contributed by atoms with E-state index in [1.165, 1.54) is 3.97 Å². The maximum Gasteiger partial charge on any atom is 0.269 e. The van der Waals surface area contributed by atoms with Crippen molar-refractivity contribution >= 4 is 37.0 Å². The number of nitriles is 1. The molecule has 4 rings (SSSR count). The molecule has 0 bridgehead atoms. The van der Waals surface area contributed by atoms with E-state index in [1.54, 1.807) is 48.8 Å². The second-order valence-corrected chi connectivity index (χ2v) is 10.4. The predicted octanol–water partition coefficient (Wildman–Crippen LogP) is 5.67. The lowest BCUT2D eigenvalue weighted by Gasteiger charge is -2.12. The van der Waals surface area contributed by atoms with E-state index in [4.69, 9.17) is 4.74 Å². The molecule has 0 aliphatic heterocycles. The van der Waals surface area contributed by atoms with Crippen LogP contribution in [0.25, 0.3) is 22.2 Å². The van der Waals surface area contributed by atoms with E-state index >= 15 is 0 Å². The zero-order valence-corrected chi connectivity index (χ0v) is 20.1. The third-order valence-electron chi connectivity index (χ3n) is 4.93. The number of ether oxygens (including phenoxy) is 1. The lowest BCUT2D eigenvalue weighted by Crippen LogP contribution is -2.12. The fourth-order valence-corrected chi connectivity index (χ4v) is 5.09. The fourth-order valence-electron chi connectivity index (χ4n) is 3.43. The molecule has 0 aliphatic rings. The van der Waals surface area contributed by atoms with Gasteiger partial charge in [0.2, 0.25) is 0 Å².